The molecule has 2 aliphatic rings. The first kappa shape index (κ1) is 20.7. The Kier molecular flexibility index (Phi) is 6.15. The van der Waals surface area contributed by atoms with Crippen molar-refractivity contribution in [2.24, 2.45) is 0 Å². The molecule has 0 spiro atoms. The lowest BCUT2D eigenvalue weighted by atomic mass is 10.0. The van der Waals surface area contributed by atoms with Crippen molar-refractivity contribution < 1.29 is 13.2 Å². The molecule has 29 heavy (non-hydrogen) atoms. The van der Waals surface area contributed by atoms with Crippen LogP contribution in [0.15, 0.2) is 46.7 Å². The monoisotopic (exact) mass is 453 g/mol. The summed E-state index contributed by atoms with van der Waals surface area (Å²) in [5.41, 5.74) is 1.15. The highest BCUT2D eigenvalue weighted by atomic mass is 35.5. The molecular formula is C20H24ClN3O3S2. The van der Waals surface area contributed by atoms with E-state index >= 15 is 0 Å². The number of piperidine rings is 1. The molecule has 1 aromatic carbocycles. The van der Waals surface area contributed by atoms with Crippen molar-refractivity contribution in [3.63, 3.8) is 0 Å². The standard InChI is InChI=1S/C20H24ClN3O3S2/c21-18-9-10-19(28-18)29(26,27)24-11-5-4-8-17(24)20(25)23-14-12-22(13-15-23)16-6-2-1-3-7-16/h1-3,6-7,9-10,17H,4-5,8,11-15H2. The molecule has 2 aromatic rings. The molecule has 1 unspecified atom stereocenters. The molecule has 0 bridgehead atoms. The Hall–Kier alpha value is -1.61. The summed E-state index contributed by atoms with van der Waals surface area (Å²) >= 11 is 6.99. The van der Waals surface area contributed by atoms with Gasteiger partial charge < -0.3 is 9.80 Å². The first-order chi connectivity index (χ1) is 14.0. The minimum Gasteiger partial charge on any atom is -0.368 e. The van der Waals surface area contributed by atoms with E-state index in [0.717, 1.165) is 43.0 Å². The molecule has 0 aliphatic carbocycles. The summed E-state index contributed by atoms with van der Waals surface area (Å²) in [4.78, 5) is 17.3. The van der Waals surface area contributed by atoms with Gasteiger partial charge in [-0.05, 0) is 37.1 Å². The van der Waals surface area contributed by atoms with Gasteiger partial charge in [-0.25, -0.2) is 8.42 Å². The second kappa shape index (κ2) is 8.63. The molecule has 4 rings (SSSR count). The maximum atomic E-state index is 13.3. The first-order valence-electron chi connectivity index (χ1n) is 9.83. The predicted molar refractivity (Wildman–Crippen MR) is 116 cm³/mol. The highest BCUT2D eigenvalue weighted by molar-refractivity contribution is 7.91. The average molecular weight is 454 g/mol. The molecule has 1 amide bonds. The Morgan fingerprint density at radius 3 is 2.34 bits per heavy atom. The average Bonchev–Trinajstić information content (AvgIpc) is 3.21. The molecule has 2 fully saturated rings. The molecular weight excluding hydrogens is 430 g/mol. The summed E-state index contributed by atoms with van der Waals surface area (Å²) < 4.78 is 28.3. The number of sulfonamides is 1. The van der Waals surface area contributed by atoms with Gasteiger partial charge in [0.05, 0.1) is 4.34 Å². The van der Waals surface area contributed by atoms with Crippen LogP contribution in [0.3, 0.4) is 0 Å². The summed E-state index contributed by atoms with van der Waals surface area (Å²) in [6.07, 6.45) is 2.19. The van der Waals surface area contributed by atoms with E-state index in [4.69, 9.17) is 11.6 Å². The molecule has 1 aromatic heterocycles. The Morgan fingerprint density at radius 1 is 0.966 bits per heavy atom. The number of nitrogens with zero attached hydrogens (tertiary/aromatic N) is 3. The van der Waals surface area contributed by atoms with Crippen LogP contribution in [0.2, 0.25) is 4.34 Å². The summed E-state index contributed by atoms with van der Waals surface area (Å²) in [5, 5.41) is 0. The largest absolute Gasteiger partial charge is 0.368 e. The maximum Gasteiger partial charge on any atom is 0.253 e. The Morgan fingerprint density at radius 2 is 1.69 bits per heavy atom. The number of thiophene rings is 1. The number of hydrogen-bond acceptors (Lipinski definition) is 5. The van der Waals surface area contributed by atoms with E-state index < -0.39 is 16.1 Å². The van der Waals surface area contributed by atoms with Crippen LogP contribution in [0.4, 0.5) is 5.69 Å². The third kappa shape index (κ3) is 4.30. The van der Waals surface area contributed by atoms with Crippen molar-refractivity contribution in [3.8, 4) is 0 Å². The fourth-order valence-corrected chi connectivity index (χ4v) is 7.29. The maximum absolute atomic E-state index is 13.3. The van der Waals surface area contributed by atoms with Crippen molar-refractivity contribution >= 4 is 44.6 Å². The zero-order valence-electron chi connectivity index (χ0n) is 16.0. The SMILES string of the molecule is O=C(C1CCCCN1S(=O)(=O)c1ccc(Cl)s1)N1CCN(c2ccccc2)CC1. The van der Waals surface area contributed by atoms with Crippen LogP contribution in [0.25, 0.3) is 0 Å². The third-order valence-corrected chi connectivity index (χ3v) is 9.17. The van der Waals surface area contributed by atoms with Crippen LogP contribution in [0, 0.1) is 0 Å². The number of benzene rings is 1. The van der Waals surface area contributed by atoms with Gasteiger partial charge in [-0.2, -0.15) is 4.31 Å². The van der Waals surface area contributed by atoms with Crippen LogP contribution in [0.1, 0.15) is 19.3 Å². The van der Waals surface area contributed by atoms with E-state index in [1.165, 1.54) is 10.4 Å². The van der Waals surface area contributed by atoms with Gasteiger partial charge in [-0.15, -0.1) is 11.3 Å². The number of rotatable bonds is 4. The van der Waals surface area contributed by atoms with Crippen molar-refractivity contribution in [2.45, 2.75) is 29.5 Å². The molecule has 156 valence electrons. The summed E-state index contributed by atoms with van der Waals surface area (Å²) in [5.74, 6) is -0.0800. The smallest absolute Gasteiger partial charge is 0.253 e. The lowest BCUT2D eigenvalue weighted by Gasteiger charge is -2.40. The second-order valence-electron chi connectivity index (χ2n) is 7.33. The van der Waals surface area contributed by atoms with Gasteiger partial charge in [0, 0.05) is 38.4 Å². The predicted octanol–water partition coefficient (Wildman–Crippen LogP) is 3.29. The van der Waals surface area contributed by atoms with Crippen LogP contribution in [0.5, 0.6) is 0 Å². The van der Waals surface area contributed by atoms with Crippen LogP contribution < -0.4 is 4.90 Å². The zero-order valence-corrected chi connectivity index (χ0v) is 18.4. The van der Waals surface area contributed by atoms with Gasteiger partial charge in [-0.3, -0.25) is 4.79 Å². The third-order valence-electron chi connectivity index (χ3n) is 5.56. The number of halogens is 1. The number of amides is 1. The van der Waals surface area contributed by atoms with E-state index in [1.807, 2.05) is 23.1 Å². The molecule has 9 heteroatoms. The molecule has 0 saturated carbocycles. The van der Waals surface area contributed by atoms with Crippen LogP contribution in [-0.2, 0) is 14.8 Å². The van der Waals surface area contributed by atoms with Gasteiger partial charge in [0.15, 0.2) is 0 Å². The number of piperazine rings is 1. The van der Waals surface area contributed by atoms with E-state index in [0.29, 0.717) is 30.4 Å². The molecule has 0 radical (unpaired) electrons. The topological polar surface area (TPSA) is 60.9 Å². The summed E-state index contributed by atoms with van der Waals surface area (Å²) in [6.45, 7) is 3.07. The summed E-state index contributed by atoms with van der Waals surface area (Å²) in [6, 6.07) is 12.6. The van der Waals surface area contributed by atoms with Crippen molar-refractivity contribution in [1.29, 1.82) is 0 Å². The van der Waals surface area contributed by atoms with Gasteiger partial charge >= 0.3 is 0 Å². The van der Waals surface area contributed by atoms with E-state index in [9.17, 15) is 13.2 Å². The Balaban J connectivity index is 1.47. The lowest BCUT2D eigenvalue weighted by molar-refractivity contribution is -0.136. The van der Waals surface area contributed by atoms with Crippen LogP contribution in [-0.4, -0.2) is 62.3 Å². The molecule has 2 aliphatic heterocycles. The van der Waals surface area contributed by atoms with Gasteiger partial charge in [0.1, 0.15) is 10.3 Å². The van der Waals surface area contributed by atoms with Crippen molar-refractivity contribution in [3.05, 3.63) is 46.8 Å². The van der Waals surface area contributed by atoms with E-state index in [2.05, 4.69) is 17.0 Å². The van der Waals surface area contributed by atoms with Crippen LogP contribution >= 0.6 is 22.9 Å². The molecule has 1 atom stereocenters. The fraction of sp³-hybridized carbons (Fsp3) is 0.450. The Labute approximate surface area is 180 Å². The first-order valence-corrected chi connectivity index (χ1v) is 12.5. The quantitative estimate of drug-likeness (QED) is 0.712. The van der Waals surface area contributed by atoms with Gasteiger partial charge in [0.25, 0.3) is 10.0 Å². The number of carbonyl (C=O) groups excluding carboxylic acids is 1. The van der Waals surface area contributed by atoms with Gasteiger partial charge in [-0.1, -0.05) is 36.2 Å². The van der Waals surface area contributed by atoms with Gasteiger partial charge in [0.2, 0.25) is 5.91 Å². The van der Waals surface area contributed by atoms with E-state index in [1.54, 1.807) is 6.07 Å². The minimum absolute atomic E-state index is 0.0800. The summed E-state index contributed by atoms with van der Waals surface area (Å²) in [7, 11) is -3.72. The van der Waals surface area contributed by atoms with Crippen molar-refractivity contribution in [2.75, 3.05) is 37.6 Å². The second-order valence-corrected chi connectivity index (χ2v) is 11.2. The molecule has 2 saturated heterocycles. The Bertz CT molecular complexity index is 956. The fourth-order valence-electron chi connectivity index (χ4n) is 4.03. The minimum atomic E-state index is -3.72. The highest BCUT2D eigenvalue weighted by Crippen LogP contribution is 2.32. The van der Waals surface area contributed by atoms with E-state index in [-0.39, 0.29) is 10.1 Å². The number of para-hydroxylation sites is 1. The van der Waals surface area contributed by atoms with Crippen molar-refractivity contribution in [1.82, 2.24) is 9.21 Å². The lowest BCUT2D eigenvalue weighted by Crippen LogP contribution is -2.57. The zero-order chi connectivity index (χ0) is 20.4. The number of carbonyl (C=O) groups is 1. The number of anilines is 1. The highest BCUT2D eigenvalue weighted by Gasteiger charge is 2.40. The number of hydrogen-bond donors (Lipinski definition) is 0. The molecule has 6 nitrogen and oxygen atoms in total. The molecule has 0 N–H and O–H groups in total. The normalized spacial score (nSPS) is 21.3. The molecule has 3 heterocycles.